The van der Waals surface area contributed by atoms with Gasteiger partial charge in [-0.1, -0.05) is 19.9 Å². The summed E-state index contributed by atoms with van der Waals surface area (Å²) in [7, 11) is 1.99. The number of nitrogens with zero attached hydrogens (tertiary/aromatic N) is 2. The van der Waals surface area contributed by atoms with Gasteiger partial charge in [-0.25, -0.2) is 9.55 Å². The molecule has 3 aromatic rings. The Morgan fingerprint density at radius 2 is 1.80 bits per heavy atom. The van der Waals surface area contributed by atoms with Crippen LogP contribution in [0.25, 0.3) is 22.6 Å². The summed E-state index contributed by atoms with van der Waals surface area (Å²) in [6.45, 7) is 4.36. The van der Waals surface area contributed by atoms with E-state index >= 15 is 0 Å². The molecule has 4 heteroatoms. The van der Waals surface area contributed by atoms with Gasteiger partial charge in [-0.05, 0) is 23.6 Å². The molecule has 2 aromatic heterocycles. The predicted molar refractivity (Wildman–Crippen MR) is 74.7 cm³/mol. The highest BCUT2D eigenvalue weighted by molar-refractivity contribution is 5.76. The first-order valence-electron chi connectivity index (χ1n) is 6.49. The Kier molecular flexibility index (Phi) is 4.42. The van der Waals surface area contributed by atoms with Crippen LogP contribution in [0.3, 0.4) is 0 Å². The van der Waals surface area contributed by atoms with Crippen molar-refractivity contribution >= 4 is 11.1 Å². The van der Waals surface area contributed by atoms with E-state index in [2.05, 4.69) is 31.0 Å². The van der Waals surface area contributed by atoms with E-state index in [0.29, 0.717) is 11.8 Å². The molecule has 3 nitrogen and oxygen atoms in total. The van der Waals surface area contributed by atoms with Gasteiger partial charge in [0.15, 0.2) is 18.0 Å². The van der Waals surface area contributed by atoms with Crippen molar-refractivity contribution in [3.05, 3.63) is 48.3 Å². The van der Waals surface area contributed by atoms with Crippen molar-refractivity contribution in [1.82, 2.24) is 4.98 Å². The van der Waals surface area contributed by atoms with Crippen LogP contribution < -0.4 is 28.5 Å². The van der Waals surface area contributed by atoms with E-state index in [1.807, 2.05) is 42.2 Å². The standard InChI is InChI=1S/C16H17N2O.HI/c1-11(2)13-4-5-15-14(10-13)17-16(19-15)12-6-8-18(3)9-7-12;/h4-11H,1-3H3;1H/q+1;/p-1. The molecule has 0 atom stereocenters. The van der Waals surface area contributed by atoms with Crippen molar-refractivity contribution in [2.24, 2.45) is 7.05 Å². The monoisotopic (exact) mass is 380 g/mol. The fourth-order valence-corrected chi connectivity index (χ4v) is 2.07. The van der Waals surface area contributed by atoms with Gasteiger partial charge in [0.2, 0.25) is 5.89 Å². The summed E-state index contributed by atoms with van der Waals surface area (Å²) in [5, 5.41) is 0. The van der Waals surface area contributed by atoms with Gasteiger partial charge in [-0.3, -0.25) is 0 Å². The van der Waals surface area contributed by atoms with Crippen LogP contribution in [0.5, 0.6) is 0 Å². The maximum absolute atomic E-state index is 5.81. The zero-order valence-corrected chi connectivity index (χ0v) is 14.0. The SMILES string of the molecule is CC(C)c1ccc2oc(-c3cc[n+](C)cc3)nc2c1.[I-]. The van der Waals surface area contributed by atoms with Crippen LogP contribution in [0.15, 0.2) is 47.1 Å². The fourth-order valence-electron chi connectivity index (χ4n) is 2.07. The molecule has 0 unspecified atom stereocenters. The molecule has 104 valence electrons. The van der Waals surface area contributed by atoms with E-state index in [0.717, 1.165) is 16.7 Å². The molecule has 3 rings (SSSR count). The number of hydrogen-bond donors (Lipinski definition) is 0. The Hall–Kier alpha value is -1.43. The van der Waals surface area contributed by atoms with Crippen LogP contribution in [0.4, 0.5) is 0 Å². The number of rotatable bonds is 2. The lowest BCUT2D eigenvalue weighted by Crippen LogP contribution is -3.00. The van der Waals surface area contributed by atoms with Crippen LogP contribution in [-0.2, 0) is 7.05 Å². The van der Waals surface area contributed by atoms with E-state index in [1.165, 1.54) is 5.56 Å². The Labute approximate surface area is 135 Å². The van der Waals surface area contributed by atoms with Crippen molar-refractivity contribution in [3.8, 4) is 11.5 Å². The number of aromatic nitrogens is 2. The van der Waals surface area contributed by atoms with E-state index in [-0.39, 0.29) is 24.0 Å². The molecule has 0 amide bonds. The molecule has 0 aliphatic heterocycles. The predicted octanol–water partition coefficient (Wildman–Crippen LogP) is 0.447. The second kappa shape index (κ2) is 5.91. The van der Waals surface area contributed by atoms with Crippen LogP contribution in [0.2, 0.25) is 0 Å². The van der Waals surface area contributed by atoms with E-state index < -0.39 is 0 Å². The summed E-state index contributed by atoms with van der Waals surface area (Å²) in [4.78, 5) is 4.58. The van der Waals surface area contributed by atoms with Crippen LogP contribution >= 0.6 is 0 Å². The Morgan fingerprint density at radius 1 is 1.10 bits per heavy atom. The number of fused-ring (bicyclic) bond motifs is 1. The first-order chi connectivity index (χ1) is 9.13. The Bertz CT molecular complexity index is 717. The molecule has 0 aliphatic rings. The van der Waals surface area contributed by atoms with E-state index in [4.69, 9.17) is 4.42 Å². The number of hydrogen-bond acceptors (Lipinski definition) is 2. The number of benzene rings is 1. The zero-order valence-electron chi connectivity index (χ0n) is 11.8. The topological polar surface area (TPSA) is 29.9 Å². The van der Waals surface area contributed by atoms with Gasteiger partial charge in [-0.15, -0.1) is 0 Å². The minimum Gasteiger partial charge on any atom is -1.00 e. The summed E-state index contributed by atoms with van der Waals surface area (Å²) in [6.07, 6.45) is 3.98. The lowest BCUT2D eigenvalue weighted by molar-refractivity contribution is -0.671. The van der Waals surface area contributed by atoms with Crippen LogP contribution in [0.1, 0.15) is 25.3 Å². The number of oxazole rings is 1. The Balaban J connectivity index is 0.00000147. The maximum atomic E-state index is 5.81. The summed E-state index contributed by atoms with van der Waals surface area (Å²) >= 11 is 0. The molecule has 1 aromatic carbocycles. The molecule has 0 aliphatic carbocycles. The normalized spacial score (nSPS) is 10.8. The van der Waals surface area contributed by atoms with Crippen molar-refractivity contribution in [2.75, 3.05) is 0 Å². The first-order valence-corrected chi connectivity index (χ1v) is 6.49. The summed E-state index contributed by atoms with van der Waals surface area (Å²) in [5.41, 5.74) is 4.05. The van der Waals surface area contributed by atoms with Crippen molar-refractivity contribution < 1.29 is 33.0 Å². The molecular formula is C16H17IN2O. The molecule has 0 saturated carbocycles. The third-order valence-corrected chi connectivity index (χ3v) is 3.30. The number of halogens is 1. The molecule has 0 fully saturated rings. The van der Waals surface area contributed by atoms with Crippen molar-refractivity contribution in [3.63, 3.8) is 0 Å². The molecule has 0 saturated heterocycles. The van der Waals surface area contributed by atoms with Gasteiger partial charge in [0, 0.05) is 17.7 Å². The van der Waals surface area contributed by atoms with E-state index in [1.54, 1.807) is 0 Å². The summed E-state index contributed by atoms with van der Waals surface area (Å²) < 4.78 is 7.80. The number of pyridine rings is 1. The molecular weight excluding hydrogens is 363 g/mol. The molecule has 2 heterocycles. The molecule has 0 spiro atoms. The maximum Gasteiger partial charge on any atom is 0.227 e. The third-order valence-electron chi connectivity index (χ3n) is 3.30. The Morgan fingerprint density at radius 3 is 2.45 bits per heavy atom. The van der Waals surface area contributed by atoms with Crippen molar-refractivity contribution in [1.29, 1.82) is 0 Å². The average molecular weight is 380 g/mol. The fraction of sp³-hybridized carbons (Fsp3) is 0.250. The highest BCUT2D eigenvalue weighted by Crippen LogP contribution is 2.26. The molecule has 20 heavy (non-hydrogen) atoms. The minimum atomic E-state index is 0. The van der Waals surface area contributed by atoms with Gasteiger partial charge >= 0.3 is 0 Å². The van der Waals surface area contributed by atoms with Gasteiger partial charge in [-0.2, -0.15) is 0 Å². The van der Waals surface area contributed by atoms with Crippen LogP contribution in [-0.4, -0.2) is 4.98 Å². The number of aryl methyl sites for hydroxylation is 1. The minimum absolute atomic E-state index is 0. The van der Waals surface area contributed by atoms with Crippen molar-refractivity contribution in [2.45, 2.75) is 19.8 Å². The highest BCUT2D eigenvalue weighted by atomic mass is 127. The summed E-state index contributed by atoms with van der Waals surface area (Å²) in [6, 6.07) is 10.2. The molecule has 0 radical (unpaired) electrons. The van der Waals surface area contributed by atoms with Crippen LogP contribution in [0, 0.1) is 0 Å². The first kappa shape index (κ1) is 15.0. The van der Waals surface area contributed by atoms with Gasteiger partial charge < -0.3 is 28.4 Å². The zero-order chi connectivity index (χ0) is 13.4. The average Bonchev–Trinajstić information content (AvgIpc) is 2.82. The smallest absolute Gasteiger partial charge is 0.227 e. The van der Waals surface area contributed by atoms with Gasteiger partial charge in [0.25, 0.3) is 0 Å². The lowest BCUT2D eigenvalue weighted by atomic mass is 10.0. The quantitative estimate of drug-likeness (QED) is 0.477. The molecule has 0 bridgehead atoms. The molecule has 0 N–H and O–H groups in total. The summed E-state index contributed by atoms with van der Waals surface area (Å²) in [5.74, 6) is 1.18. The second-order valence-electron chi connectivity index (χ2n) is 5.15. The second-order valence-corrected chi connectivity index (χ2v) is 5.15. The highest BCUT2D eigenvalue weighted by Gasteiger charge is 2.10. The van der Waals surface area contributed by atoms with Gasteiger partial charge in [0.05, 0.1) is 0 Å². The van der Waals surface area contributed by atoms with Gasteiger partial charge in [0.1, 0.15) is 12.6 Å². The van der Waals surface area contributed by atoms with E-state index in [9.17, 15) is 0 Å². The lowest BCUT2D eigenvalue weighted by Gasteiger charge is -2.02. The third kappa shape index (κ3) is 2.85. The largest absolute Gasteiger partial charge is 1.00 e.